The van der Waals surface area contributed by atoms with Crippen molar-refractivity contribution in [3.63, 3.8) is 0 Å². The molecular formula is C28H45N3O3Si. The minimum absolute atomic E-state index is 0.523. The highest BCUT2D eigenvalue weighted by molar-refractivity contribution is 6.75. The van der Waals surface area contributed by atoms with Gasteiger partial charge < -0.3 is 18.2 Å². The molecule has 0 aliphatic carbocycles. The third-order valence-corrected chi connectivity index (χ3v) is 8.68. The summed E-state index contributed by atoms with van der Waals surface area (Å²) in [6.07, 6.45) is 2.37. The van der Waals surface area contributed by atoms with Crippen LogP contribution in [0.25, 0.3) is 0 Å². The molecule has 0 radical (unpaired) electrons. The van der Waals surface area contributed by atoms with Crippen LogP contribution in [0.15, 0.2) is 58.8 Å². The maximum Gasteiger partial charge on any atom is 0.537 e. The highest BCUT2D eigenvalue weighted by Gasteiger charge is 2.43. The van der Waals surface area contributed by atoms with Gasteiger partial charge in [-0.1, -0.05) is 39.8 Å². The zero-order valence-electron chi connectivity index (χ0n) is 22.8. The van der Waals surface area contributed by atoms with E-state index in [-0.39, 0.29) is 0 Å². The van der Waals surface area contributed by atoms with Crippen molar-refractivity contribution in [2.45, 2.75) is 61.3 Å². The number of nitrogens with zero attached hydrogens (tertiary/aromatic N) is 3. The van der Waals surface area contributed by atoms with Gasteiger partial charge in [0, 0.05) is 43.8 Å². The fourth-order valence-corrected chi connectivity index (χ4v) is 6.26. The average Bonchev–Trinajstić information content (AvgIpc) is 2.83. The third kappa shape index (κ3) is 9.48. The summed E-state index contributed by atoms with van der Waals surface area (Å²) in [7, 11) is -2.97. The van der Waals surface area contributed by atoms with Crippen molar-refractivity contribution in [3.8, 4) is 0 Å². The second-order valence-corrected chi connectivity index (χ2v) is 12.0. The maximum absolute atomic E-state index is 6.04. The summed E-state index contributed by atoms with van der Waals surface area (Å²) in [4.78, 5) is 2.49. The lowest BCUT2D eigenvalue weighted by Crippen LogP contribution is -2.56. The maximum atomic E-state index is 6.04. The van der Waals surface area contributed by atoms with E-state index in [2.05, 4.69) is 55.0 Å². The van der Waals surface area contributed by atoms with Gasteiger partial charge >= 0.3 is 8.80 Å². The molecule has 0 atom stereocenters. The van der Waals surface area contributed by atoms with Crippen LogP contribution in [0.2, 0.25) is 0 Å². The Bertz CT molecular complexity index is 858. The fraction of sp³-hybridized carbons (Fsp3) is 0.571. The van der Waals surface area contributed by atoms with E-state index >= 15 is 0 Å². The molecule has 0 heterocycles. The zero-order valence-corrected chi connectivity index (χ0v) is 23.8. The van der Waals surface area contributed by atoms with Crippen LogP contribution in [0.1, 0.15) is 61.3 Å². The van der Waals surface area contributed by atoms with Crippen LogP contribution in [0, 0.1) is 11.8 Å². The summed E-state index contributed by atoms with van der Waals surface area (Å²) in [5.74, 6) is 1.38. The third-order valence-electron chi connectivity index (χ3n) is 5.65. The molecule has 0 fully saturated rings. The van der Waals surface area contributed by atoms with Crippen molar-refractivity contribution in [3.05, 3.63) is 48.5 Å². The number of hydrogen-bond donors (Lipinski definition) is 0. The summed E-state index contributed by atoms with van der Waals surface area (Å²) >= 11 is 0. The molecule has 7 heteroatoms. The normalized spacial score (nSPS) is 12.3. The van der Waals surface area contributed by atoms with Crippen molar-refractivity contribution in [2.24, 2.45) is 22.1 Å². The standard InChI is InChI=1S/C28H45N3O3Si/c1-8-32-35(33-9-2,34-10-3)28-13-11-12-26(22-28)30-29-25-14-16-27(17-15-25)31(20-18-23(4)5)21-19-24(6)7/h11-17,22-24H,8-10,18-21H2,1-7H3. The largest absolute Gasteiger partial charge is 0.537 e. The van der Waals surface area contributed by atoms with Gasteiger partial charge in [0.15, 0.2) is 0 Å². The Balaban J connectivity index is 2.19. The minimum atomic E-state index is -2.97. The van der Waals surface area contributed by atoms with E-state index in [4.69, 9.17) is 13.3 Å². The second kappa shape index (κ2) is 15.1. The van der Waals surface area contributed by atoms with E-state index in [9.17, 15) is 0 Å². The SMILES string of the molecule is CCO[Si](OCC)(OCC)c1cccc(N=Nc2ccc(N(CCC(C)C)CCC(C)C)cc2)c1. The van der Waals surface area contributed by atoms with Crippen LogP contribution >= 0.6 is 0 Å². The Morgan fingerprint density at radius 3 is 1.71 bits per heavy atom. The second-order valence-electron chi connectivity index (χ2n) is 9.47. The first-order valence-corrected chi connectivity index (χ1v) is 14.8. The Kier molecular flexibility index (Phi) is 12.6. The van der Waals surface area contributed by atoms with Gasteiger partial charge in [0.1, 0.15) is 0 Å². The van der Waals surface area contributed by atoms with Gasteiger partial charge in [-0.15, -0.1) is 0 Å². The quantitative estimate of drug-likeness (QED) is 0.180. The molecule has 0 amide bonds. The highest BCUT2D eigenvalue weighted by Crippen LogP contribution is 2.24. The molecule has 35 heavy (non-hydrogen) atoms. The number of benzene rings is 2. The Morgan fingerprint density at radius 2 is 1.23 bits per heavy atom. The molecule has 2 aromatic carbocycles. The van der Waals surface area contributed by atoms with Gasteiger partial charge in [0.05, 0.1) is 11.4 Å². The molecule has 0 aliphatic rings. The number of rotatable bonds is 16. The fourth-order valence-electron chi connectivity index (χ4n) is 3.75. The molecule has 0 N–H and O–H groups in total. The monoisotopic (exact) mass is 499 g/mol. The predicted molar refractivity (Wildman–Crippen MR) is 148 cm³/mol. The molecule has 0 unspecified atom stereocenters. The molecule has 0 aromatic heterocycles. The average molecular weight is 500 g/mol. The predicted octanol–water partition coefficient (Wildman–Crippen LogP) is 7.26. The van der Waals surface area contributed by atoms with Gasteiger partial charge in [-0.2, -0.15) is 10.2 Å². The van der Waals surface area contributed by atoms with Crippen LogP contribution in [0.4, 0.5) is 17.1 Å². The van der Waals surface area contributed by atoms with E-state index < -0.39 is 8.80 Å². The van der Waals surface area contributed by atoms with Crippen LogP contribution in [0.5, 0.6) is 0 Å². The van der Waals surface area contributed by atoms with E-state index in [0.29, 0.717) is 31.7 Å². The van der Waals surface area contributed by atoms with Gasteiger partial charge in [-0.05, 0) is 81.8 Å². The van der Waals surface area contributed by atoms with E-state index in [0.717, 1.165) is 29.7 Å². The van der Waals surface area contributed by atoms with Gasteiger partial charge in [-0.25, -0.2) is 0 Å². The molecule has 0 saturated heterocycles. The van der Waals surface area contributed by atoms with Crippen molar-refractivity contribution in [1.29, 1.82) is 0 Å². The molecule has 0 aliphatic heterocycles. The van der Waals surface area contributed by atoms with Crippen molar-refractivity contribution >= 4 is 31.1 Å². The zero-order chi connectivity index (χ0) is 25.7. The summed E-state index contributed by atoms with van der Waals surface area (Å²) in [6, 6.07) is 16.2. The molecule has 0 bridgehead atoms. The number of anilines is 1. The molecular weight excluding hydrogens is 454 g/mol. The molecule has 2 rings (SSSR count). The molecule has 6 nitrogen and oxygen atoms in total. The van der Waals surface area contributed by atoms with Crippen LogP contribution < -0.4 is 10.1 Å². The highest BCUT2D eigenvalue weighted by atomic mass is 28.4. The molecule has 0 saturated carbocycles. The van der Waals surface area contributed by atoms with E-state index in [1.807, 2.05) is 57.2 Å². The molecule has 194 valence electrons. The summed E-state index contributed by atoms with van der Waals surface area (Å²) in [5, 5.41) is 9.88. The summed E-state index contributed by atoms with van der Waals surface area (Å²) in [6.45, 7) is 18.7. The van der Waals surface area contributed by atoms with Crippen LogP contribution in [-0.2, 0) is 13.3 Å². The van der Waals surface area contributed by atoms with Gasteiger partial charge in [-0.3, -0.25) is 0 Å². The van der Waals surface area contributed by atoms with Crippen molar-refractivity contribution in [2.75, 3.05) is 37.8 Å². The Hall–Kier alpha value is -2.06. The Labute approximate surface area is 214 Å². The first kappa shape index (κ1) is 29.2. The number of azo groups is 1. The van der Waals surface area contributed by atoms with Crippen molar-refractivity contribution < 1.29 is 13.3 Å². The van der Waals surface area contributed by atoms with Crippen LogP contribution in [-0.4, -0.2) is 41.7 Å². The van der Waals surface area contributed by atoms with E-state index in [1.54, 1.807) is 0 Å². The van der Waals surface area contributed by atoms with Gasteiger partial charge in [0.25, 0.3) is 0 Å². The Morgan fingerprint density at radius 1 is 0.714 bits per heavy atom. The first-order chi connectivity index (χ1) is 16.8. The topological polar surface area (TPSA) is 55.6 Å². The van der Waals surface area contributed by atoms with Crippen molar-refractivity contribution in [1.82, 2.24) is 0 Å². The lowest BCUT2D eigenvalue weighted by Gasteiger charge is -2.28. The van der Waals surface area contributed by atoms with E-state index in [1.165, 1.54) is 18.5 Å². The molecule has 0 spiro atoms. The molecule has 2 aromatic rings. The summed E-state index contributed by atoms with van der Waals surface area (Å²) in [5.41, 5.74) is 2.82. The minimum Gasteiger partial charge on any atom is -0.372 e. The van der Waals surface area contributed by atoms with Gasteiger partial charge in [0.2, 0.25) is 0 Å². The lowest BCUT2D eigenvalue weighted by atomic mass is 10.1. The summed E-state index contributed by atoms with van der Waals surface area (Å²) < 4.78 is 18.1. The van der Waals surface area contributed by atoms with Crippen LogP contribution in [0.3, 0.4) is 0 Å². The number of hydrogen-bond acceptors (Lipinski definition) is 6. The lowest BCUT2D eigenvalue weighted by molar-refractivity contribution is 0.0859. The first-order valence-electron chi connectivity index (χ1n) is 13.1. The smallest absolute Gasteiger partial charge is 0.372 e.